The molecular weight excluding hydrogens is 394 g/mol. The maximum absolute atomic E-state index is 13.1. The summed E-state index contributed by atoms with van der Waals surface area (Å²) in [6.45, 7) is 1.56. The Bertz CT molecular complexity index is 1060. The Balaban J connectivity index is 1.81. The average Bonchev–Trinajstić information content (AvgIpc) is 3.12. The Hall–Kier alpha value is -2.97. The Labute approximate surface area is 168 Å². The first kappa shape index (κ1) is 19.8. The van der Waals surface area contributed by atoms with Gasteiger partial charge in [0.25, 0.3) is 15.9 Å². The molecule has 1 amide bonds. The van der Waals surface area contributed by atoms with Crippen molar-refractivity contribution in [3.63, 3.8) is 0 Å². The topological polar surface area (TPSA) is 78.8 Å². The van der Waals surface area contributed by atoms with Gasteiger partial charge in [-0.15, -0.1) is 11.3 Å². The minimum Gasteiger partial charge on any atom is -0.271 e. The van der Waals surface area contributed by atoms with Crippen molar-refractivity contribution < 1.29 is 13.2 Å². The van der Waals surface area contributed by atoms with Gasteiger partial charge < -0.3 is 0 Å². The number of carbonyl (C=O) groups excluding carboxylic acids is 1. The van der Waals surface area contributed by atoms with E-state index in [2.05, 4.69) is 10.5 Å². The Morgan fingerprint density at radius 3 is 2.32 bits per heavy atom. The van der Waals surface area contributed by atoms with Gasteiger partial charge in [-0.05, 0) is 48.2 Å². The molecule has 6 nitrogen and oxygen atoms in total. The number of para-hydroxylation sites is 1. The number of hydrogen-bond donors (Lipinski definition) is 1. The summed E-state index contributed by atoms with van der Waals surface area (Å²) < 4.78 is 27.2. The lowest BCUT2D eigenvalue weighted by Crippen LogP contribution is -2.39. The summed E-state index contributed by atoms with van der Waals surface area (Å²) in [5.74, 6) is -0.534. The summed E-state index contributed by atoms with van der Waals surface area (Å²) >= 11 is 1.51. The highest BCUT2D eigenvalue weighted by Gasteiger charge is 2.26. The molecule has 1 N–H and O–H groups in total. The minimum absolute atomic E-state index is 0.115. The van der Waals surface area contributed by atoms with Gasteiger partial charge in [-0.2, -0.15) is 5.10 Å². The van der Waals surface area contributed by atoms with E-state index in [4.69, 9.17) is 0 Å². The Kier molecular flexibility index (Phi) is 6.23. The van der Waals surface area contributed by atoms with Gasteiger partial charge in [0.2, 0.25) is 0 Å². The quantitative estimate of drug-likeness (QED) is 0.476. The molecule has 144 valence electrons. The molecule has 0 atom stereocenters. The van der Waals surface area contributed by atoms with Crippen molar-refractivity contribution in [1.82, 2.24) is 5.43 Å². The number of amides is 1. The van der Waals surface area contributed by atoms with Crippen LogP contribution in [0.4, 0.5) is 5.69 Å². The highest BCUT2D eigenvalue weighted by atomic mass is 32.2. The Morgan fingerprint density at radius 2 is 1.71 bits per heavy atom. The van der Waals surface area contributed by atoms with Crippen LogP contribution in [0, 0.1) is 6.92 Å². The number of rotatable bonds is 7. The zero-order chi connectivity index (χ0) is 20.0. The van der Waals surface area contributed by atoms with Gasteiger partial charge in [-0.3, -0.25) is 9.10 Å². The van der Waals surface area contributed by atoms with Crippen LogP contribution in [0.15, 0.2) is 82.1 Å². The van der Waals surface area contributed by atoms with Gasteiger partial charge in [0.05, 0.1) is 16.8 Å². The molecule has 3 rings (SSSR count). The van der Waals surface area contributed by atoms with E-state index < -0.39 is 15.9 Å². The van der Waals surface area contributed by atoms with Crippen molar-refractivity contribution >= 4 is 39.2 Å². The first-order valence-electron chi connectivity index (χ1n) is 8.47. The number of hydrogen-bond acceptors (Lipinski definition) is 5. The highest BCUT2D eigenvalue weighted by molar-refractivity contribution is 7.92. The van der Waals surface area contributed by atoms with Gasteiger partial charge in [0, 0.05) is 4.88 Å². The lowest BCUT2D eigenvalue weighted by molar-refractivity contribution is -0.119. The first-order chi connectivity index (χ1) is 13.5. The van der Waals surface area contributed by atoms with E-state index in [0.29, 0.717) is 5.69 Å². The summed E-state index contributed by atoms with van der Waals surface area (Å²) in [5, 5.41) is 5.87. The molecule has 0 bridgehead atoms. The molecule has 3 aromatic rings. The average molecular weight is 414 g/mol. The number of nitrogens with one attached hydrogen (secondary N) is 1. The molecule has 1 aromatic heterocycles. The largest absolute Gasteiger partial charge is 0.271 e. The van der Waals surface area contributed by atoms with Crippen LogP contribution >= 0.6 is 11.3 Å². The van der Waals surface area contributed by atoms with E-state index in [1.807, 2.05) is 18.4 Å². The summed E-state index contributed by atoms with van der Waals surface area (Å²) in [6, 6.07) is 18.5. The molecule has 0 aliphatic heterocycles. The van der Waals surface area contributed by atoms with Gasteiger partial charge in [0.1, 0.15) is 6.54 Å². The fourth-order valence-corrected chi connectivity index (χ4v) is 4.70. The van der Waals surface area contributed by atoms with Gasteiger partial charge >= 0.3 is 0 Å². The predicted octanol–water partition coefficient (Wildman–Crippen LogP) is 3.40. The van der Waals surface area contributed by atoms with Gasteiger partial charge in [0.15, 0.2) is 0 Å². The molecule has 0 radical (unpaired) electrons. The van der Waals surface area contributed by atoms with Crippen LogP contribution in [-0.2, 0) is 14.8 Å². The number of thiophene rings is 1. The Morgan fingerprint density at radius 1 is 1.07 bits per heavy atom. The maximum atomic E-state index is 13.1. The maximum Gasteiger partial charge on any atom is 0.264 e. The first-order valence-corrected chi connectivity index (χ1v) is 10.8. The molecule has 0 fully saturated rings. The van der Waals surface area contributed by atoms with Crippen LogP contribution in [0.3, 0.4) is 0 Å². The summed E-state index contributed by atoms with van der Waals surface area (Å²) in [7, 11) is -3.90. The molecule has 0 spiro atoms. The predicted molar refractivity (Wildman–Crippen MR) is 112 cm³/mol. The lowest BCUT2D eigenvalue weighted by Gasteiger charge is -2.23. The number of benzene rings is 2. The van der Waals surface area contributed by atoms with E-state index >= 15 is 0 Å². The second-order valence-electron chi connectivity index (χ2n) is 5.92. The molecule has 0 unspecified atom stereocenters. The van der Waals surface area contributed by atoms with E-state index in [1.54, 1.807) is 54.7 Å². The zero-order valence-corrected chi connectivity index (χ0v) is 16.8. The van der Waals surface area contributed by atoms with E-state index in [9.17, 15) is 13.2 Å². The summed E-state index contributed by atoms with van der Waals surface area (Å²) in [4.78, 5) is 13.4. The molecular formula is C20H19N3O3S2. The van der Waals surface area contributed by atoms with Crippen molar-refractivity contribution in [2.45, 2.75) is 11.8 Å². The van der Waals surface area contributed by atoms with Crippen molar-refractivity contribution in [2.75, 3.05) is 10.8 Å². The fourth-order valence-electron chi connectivity index (χ4n) is 2.47. The summed E-state index contributed by atoms with van der Waals surface area (Å²) in [6.07, 6.45) is 1.55. The van der Waals surface area contributed by atoms with E-state index in [1.165, 1.54) is 23.5 Å². The van der Waals surface area contributed by atoms with Crippen LogP contribution in [0.5, 0.6) is 0 Å². The molecule has 0 saturated heterocycles. The lowest BCUT2D eigenvalue weighted by atomic mass is 10.3. The smallest absolute Gasteiger partial charge is 0.264 e. The third-order valence-electron chi connectivity index (χ3n) is 3.94. The number of aryl methyl sites for hydroxylation is 1. The SMILES string of the molecule is Cc1ccsc1/C=N/NC(=O)CN(c1ccccc1)S(=O)(=O)c1ccccc1. The molecule has 0 aliphatic carbocycles. The summed E-state index contributed by atoms with van der Waals surface area (Å²) in [5.41, 5.74) is 3.86. The third-order valence-corrected chi connectivity index (χ3v) is 6.68. The molecule has 2 aromatic carbocycles. The van der Waals surface area contributed by atoms with Crippen molar-refractivity contribution in [2.24, 2.45) is 5.10 Å². The van der Waals surface area contributed by atoms with E-state index in [-0.39, 0.29) is 11.4 Å². The fraction of sp³-hybridized carbons (Fsp3) is 0.100. The van der Waals surface area contributed by atoms with Crippen LogP contribution in [0.25, 0.3) is 0 Å². The zero-order valence-electron chi connectivity index (χ0n) is 15.1. The number of sulfonamides is 1. The number of hydrazone groups is 1. The van der Waals surface area contributed by atoms with Crippen molar-refractivity contribution in [3.05, 3.63) is 82.6 Å². The van der Waals surface area contributed by atoms with Crippen molar-refractivity contribution in [3.8, 4) is 0 Å². The number of nitrogens with zero attached hydrogens (tertiary/aromatic N) is 2. The van der Waals surface area contributed by atoms with Crippen molar-refractivity contribution in [1.29, 1.82) is 0 Å². The molecule has 28 heavy (non-hydrogen) atoms. The van der Waals surface area contributed by atoms with Gasteiger partial charge in [-0.1, -0.05) is 36.4 Å². The normalized spacial score (nSPS) is 11.5. The van der Waals surface area contributed by atoms with Crippen LogP contribution in [0.2, 0.25) is 0 Å². The highest BCUT2D eigenvalue weighted by Crippen LogP contribution is 2.23. The molecule has 0 saturated carbocycles. The van der Waals surface area contributed by atoms with Crippen LogP contribution in [0.1, 0.15) is 10.4 Å². The minimum atomic E-state index is -3.90. The third kappa shape index (κ3) is 4.65. The standard InChI is InChI=1S/C20H19N3O3S2/c1-16-12-13-27-19(16)14-21-22-20(24)15-23(17-8-4-2-5-9-17)28(25,26)18-10-6-3-7-11-18/h2-14H,15H2,1H3,(H,22,24)/b21-14+. The number of carbonyl (C=O) groups is 1. The van der Waals surface area contributed by atoms with Crippen LogP contribution < -0.4 is 9.73 Å². The molecule has 1 heterocycles. The second-order valence-corrected chi connectivity index (χ2v) is 8.73. The van der Waals surface area contributed by atoms with Gasteiger partial charge in [-0.25, -0.2) is 13.8 Å². The number of anilines is 1. The molecule has 8 heteroatoms. The molecule has 0 aliphatic rings. The second kappa shape index (κ2) is 8.81. The monoisotopic (exact) mass is 413 g/mol. The van der Waals surface area contributed by atoms with Crippen LogP contribution in [-0.4, -0.2) is 27.1 Å². The van der Waals surface area contributed by atoms with E-state index in [0.717, 1.165) is 14.7 Å².